The van der Waals surface area contributed by atoms with Crippen molar-refractivity contribution in [2.24, 2.45) is 0 Å². The summed E-state index contributed by atoms with van der Waals surface area (Å²) in [6.45, 7) is 7.85. The van der Waals surface area contributed by atoms with Crippen LogP contribution >= 0.6 is 0 Å². The standard InChI is InChI=1S/C61H114O5/c1-4-7-10-13-16-19-22-25-28-30-31-32-34-36-39-42-45-48-51-54-60(62)65-58-59(57-64-56-53-50-47-44-41-38-35-29-26-23-20-17-14-11-8-5-2)66-61(63)55-52-49-46-43-40-37-33-27-24-21-18-15-12-9-6-3/h16,19,25,27-28,33,59H,4-15,17-18,20-24,26,29-32,34-58H2,1-3H3/b19-16-,28-25-,33-27-. The Hall–Kier alpha value is -1.88. The zero-order chi connectivity index (χ0) is 47.7. The van der Waals surface area contributed by atoms with E-state index in [0.29, 0.717) is 19.4 Å². The second kappa shape index (κ2) is 57.4. The van der Waals surface area contributed by atoms with Crippen molar-refractivity contribution in [3.05, 3.63) is 36.5 Å². The first-order chi connectivity index (χ1) is 32.6. The van der Waals surface area contributed by atoms with Gasteiger partial charge in [-0.05, 0) is 77.0 Å². The largest absolute Gasteiger partial charge is 0.462 e. The van der Waals surface area contributed by atoms with E-state index in [-0.39, 0.29) is 25.2 Å². The normalized spacial score (nSPS) is 12.3. The van der Waals surface area contributed by atoms with Crippen molar-refractivity contribution in [3.63, 3.8) is 0 Å². The minimum atomic E-state index is -0.538. The van der Waals surface area contributed by atoms with Crippen molar-refractivity contribution >= 4 is 11.9 Å². The van der Waals surface area contributed by atoms with E-state index in [1.807, 2.05) is 0 Å². The molecule has 0 amide bonds. The van der Waals surface area contributed by atoms with Crippen molar-refractivity contribution in [1.82, 2.24) is 0 Å². The Bertz CT molecular complexity index is 1050. The summed E-state index contributed by atoms with van der Waals surface area (Å²) in [6, 6.07) is 0. The highest BCUT2D eigenvalue weighted by Crippen LogP contribution is 2.16. The lowest BCUT2D eigenvalue weighted by atomic mass is 10.0. The quantitative estimate of drug-likeness (QED) is 0.0345. The monoisotopic (exact) mass is 927 g/mol. The van der Waals surface area contributed by atoms with Crippen LogP contribution in [0.15, 0.2) is 36.5 Å². The van der Waals surface area contributed by atoms with Gasteiger partial charge in [0.1, 0.15) is 6.61 Å². The Labute approximate surface area is 412 Å². The van der Waals surface area contributed by atoms with E-state index in [9.17, 15) is 9.59 Å². The predicted octanol–water partition coefficient (Wildman–Crippen LogP) is 20.1. The average Bonchev–Trinajstić information content (AvgIpc) is 3.32. The summed E-state index contributed by atoms with van der Waals surface area (Å²) in [6.07, 6.45) is 70.2. The van der Waals surface area contributed by atoms with Gasteiger partial charge in [-0.2, -0.15) is 0 Å². The molecule has 5 heteroatoms. The molecule has 1 unspecified atom stereocenters. The molecule has 0 bridgehead atoms. The maximum atomic E-state index is 12.9. The zero-order valence-electron chi connectivity index (χ0n) is 44.7. The van der Waals surface area contributed by atoms with Gasteiger partial charge in [-0.15, -0.1) is 0 Å². The second-order valence-corrected chi connectivity index (χ2v) is 19.9. The lowest BCUT2D eigenvalue weighted by Crippen LogP contribution is -2.30. The topological polar surface area (TPSA) is 61.8 Å². The molecule has 0 radical (unpaired) electrons. The Morgan fingerprint density at radius 2 is 0.636 bits per heavy atom. The van der Waals surface area contributed by atoms with Crippen LogP contribution < -0.4 is 0 Å². The van der Waals surface area contributed by atoms with Gasteiger partial charge in [0.15, 0.2) is 6.10 Å². The Kier molecular flexibility index (Phi) is 55.8. The SMILES string of the molecule is CCCCC/C=C\C/C=C\CCCCCCCCCCCC(=O)OCC(COCCCCCCCCCCCCCCCCCC)OC(=O)CCCCCCC/C=C\CCCCCCCC. The number of carbonyl (C=O) groups is 2. The van der Waals surface area contributed by atoms with Crippen LogP contribution in [-0.4, -0.2) is 37.9 Å². The summed E-state index contributed by atoms with van der Waals surface area (Å²) in [5.41, 5.74) is 0. The molecule has 0 aromatic carbocycles. The fourth-order valence-corrected chi connectivity index (χ4v) is 8.71. The second-order valence-electron chi connectivity index (χ2n) is 19.9. The van der Waals surface area contributed by atoms with Crippen LogP contribution in [0.2, 0.25) is 0 Å². The van der Waals surface area contributed by atoms with Crippen molar-refractivity contribution in [2.45, 2.75) is 322 Å². The Morgan fingerprint density at radius 1 is 0.333 bits per heavy atom. The first-order valence-electron chi connectivity index (χ1n) is 29.5. The number of unbranched alkanes of at least 4 members (excludes halogenated alkanes) is 38. The van der Waals surface area contributed by atoms with Crippen LogP contribution in [0.1, 0.15) is 316 Å². The summed E-state index contributed by atoms with van der Waals surface area (Å²) in [5.74, 6) is -0.392. The van der Waals surface area contributed by atoms with E-state index in [0.717, 1.165) is 51.4 Å². The number of esters is 2. The van der Waals surface area contributed by atoms with E-state index in [1.165, 1.54) is 231 Å². The molecule has 0 aromatic rings. The van der Waals surface area contributed by atoms with Crippen LogP contribution in [0.3, 0.4) is 0 Å². The van der Waals surface area contributed by atoms with E-state index >= 15 is 0 Å². The summed E-state index contributed by atoms with van der Waals surface area (Å²) >= 11 is 0. The van der Waals surface area contributed by atoms with Gasteiger partial charge < -0.3 is 14.2 Å². The van der Waals surface area contributed by atoms with Crippen molar-refractivity contribution < 1.29 is 23.8 Å². The molecule has 0 heterocycles. The third-order valence-corrected chi connectivity index (χ3v) is 13.1. The molecule has 0 fully saturated rings. The third-order valence-electron chi connectivity index (χ3n) is 13.1. The molecule has 0 rings (SSSR count). The highest BCUT2D eigenvalue weighted by molar-refractivity contribution is 5.70. The van der Waals surface area contributed by atoms with Gasteiger partial charge in [-0.25, -0.2) is 0 Å². The number of carbonyl (C=O) groups excluding carboxylic acids is 2. The molecule has 0 saturated carbocycles. The molecule has 66 heavy (non-hydrogen) atoms. The summed E-state index contributed by atoms with van der Waals surface area (Å²) in [7, 11) is 0. The molecule has 5 nitrogen and oxygen atoms in total. The molecule has 1 atom stereocenters. The highest BCUT2D eigenvalue weighted by atomic mass is 16.6. The zero-order valence-corrected chi connectivity index (χ0v) is 44.7. The van der Waals surface area contributed by atoms with E-state index in [2.05, 4.69) is 57.2 Å². The molecule has 388 valence electrons. The first kappa shape index (κ1) is 64.1. The van der Waals surface area contributed by atoms with E-state index < -0.39 is 6.10 Å². The van der Waals surface area contributed by atoms with Gasteiger partial charge in [0, 0.05) is 19.4 Å². The van der Waals surface area contributed by atoms with Gasteiger partial charge in [-0.1, -0.05) is 263 Å². The lowest BCUT2D eigenvalue weighted by molar-refractivity contribution is -0.163. The molecule has 0 aliphatic carbocycles. The number of hydrogen-bond donors (Lipinski definition) is 0. The van der Waals surface area contributed by atoms with Gasteiger partial charge in [0.2, 0.25) is 0 Å². The fraction of sp³-hybridized carbons (Fsp3) is 0.869. The number of rotatable bonds is 55. The molecule has 0 aliphatic rings. The number of hydrogen-bond acceptors (Lipinski definition) is 5. The average molecular weight is 928 g/mol. The maximum absolute atomic E-state index is 12.9. The Balaban J connectivity index is 4.24. The van der Waals surface area contributed by atoms with E-state index in [1.54, 1.807) is 0 Å². The molecular weight excluding hydrogens is 813 g/mol. The molecule has 0 spiro atoms. The minimum absolute atomic E-state index is 0.0852. The molecule has 0 saturated heterocycles. The van der Waals surface area contributed by atoms with Crippen LogP contribution in [0.25, 0.3) is 0 Å². The molecule has 0 aliphatic heterocycles. The van der Waals surface area contributed by atoms with Gasteiger partial charge >= 0.3 is 11.9 Å². The molecule has 0 N–H and O–H groups in total. The predicted molar refractivity (Wildman–Crippen MR) is 288 cm³/mol. The number of ether oxygens (including phenoxy) is 3. The van der Waals surface area contributed by atoms with Gasteiger partial charge in [0.05, 0.1) is 6.61 Å². The first-order valence-corrected chi connectivity index (χ1v) is 29.5. The summed E-state index contributed by atoms with van der Waals surface area (Å²) in [5, 5.41) is 0. The van der Waals surface area contributed by atoms with Crippen molar-refractivity contribution in [1.29, 1.82) is 0 Å². The van der Waals surface area contributed by atoms with Crippen LogP contribution in [0.5, 0.6) is 0 Å². The number of allylic oxidation sites excluding steroid dienone is 6. The minimum Gasteiger partial charge on any atom is -0.462 e. The van der Waals surface area contributed by atoms with Crippen LogP contribution in [0, 0.1) is 0 Å². The van der Waals surface area contributed by atoms with E-state index in [4.69, 9.17) is 14.2 Å². The third kappa shape index (κ3) is 54.7. The van der Waals surface area contributed by atoms with Crippen molar-refractivity contribution in [3.8, 4) is 0 Å². The van der Waals surface area contributed by atoms with Gasteiger partial charge in [-0.3, -0.25) is 9.59 Å². The Morgan fingerprint density at radius 3 is 1.05 bits per heavy atom. The van der Waals surface area contributed by atoms with Crippen molar-refractivity contribution in [2.75, 3.05) is 19.8 Å². The lowest BCUT2D eigenvalue weighted by Gasteiger charge is -2.18. The van der Waals surface area contributed by atoms with Crippen LogP contribution in [0.4, 0.5) is 0 Å². The van der Waals surface area contributed by atoms with Gasteiger partial charge in [0.25, 0.3) is 0 Å². The van der Waals surface area contributed by atoms with Crippen LogP contribution in [-0.2, 0) is 23.8 Å². The molecule has 0 aromatic heterocycles. The fourth-order valence-electron chi connectivity index (χ4n) is 8.71. The smallest absolute Gasteiger partial charge is 0.306 e. The maximum Gasteiger partial charge on any atom is 0.306 e. The summed E-state index contributed by atoms with van der Waals surface area (Å²) < 4.78 is 17.5. The summed E-state index contributed by atoms with van der Waals surface area (Å²) in [4.78, 5) is 25.5. The molecular formula is C61H114O5. The highest BCUT2D eigenvalue weighted by Gasteiger charge is 2.17.